The number of carboxylic acid groups (broad SMARTS) is 1. The lowest BCUT2D eigenvalue weighted by atomic mass is 9.88. The van der Waals surface area contributed by atoms with Crippen molar-refractivity contribution in [3.63, 3.8) is 0 Å². The number of nitrogens with zero attached hydrogens (tertiary/aromatic N) is 2. The van der Waals surface area contributed by atoms with E-state index in [2.05, 4.69) is 0 Å². The first kappa shape index (κ1) is 25.9. The second-order valence-corrected chi connectivity index (χ2v) is 10.3. The Bertz CT molecular complexity index is 889. The van der Waals surface area contributed by atoms with Crippen molar-refractivity contribution in [1.82, 2.24) is 9.80 Å². The number of amides is 2. The van der Waals surface area contributed by atoms with Crippen LogP contribution in [0.4, 0.5) is 13.6 Å². The molecule has 1 aliphatic heterocycles. The number of rotatable bonds is 5. The van der Waals surface area contributed by atoms with Gasteiger partial charge < -0.3 is 14.7 Å². The molecular formula is C25H34F2N2O5. The molecule has 1 aromatic rings. The number of hydrogen-bond acceptors (Lipinski definition) is 4. The number of hydrogen-bond donors (Lipinski definition) is 1. The van der Waals surface area contributed by atoms with Crippen molar-refractivity contribution in [2.24, 2.45) is 5.92 Å². The number of aliphatic carboxylic acids is 1. The van der Waals surface area contributed by atoms with E-state index in [1.165, 1.54) is 4.90 Å². The molecule has 0 aromatic heterocycles. The molecule has 2 fully saturated rings. The summed E-state index contributed by atoms with van der Waals surface area (Å²) in [5, 5.41) is 9.48. The quantitative estimate of drug-likeness (QED) is 0.606. The van der Waals surface area contributed by atoms with Crippen molar-refractivity contribution in [2.45, 2.75) is 83.4 Å². The lowest BCUT2D eigenvalue weighted by Gasteiger charge is -2.46. The van der Waals surface area contributed by atoms with Crippen molar-refractivity contribution < 1.29 is 33.0 Å². The summed E-state index contributed by atoms with van der Waals surface area (Å²) in [5.41, 5.74) is -0.723. The molecule has 3 rings (SSSR count). The van der Waals surface area contributed by atoms with Crippen molar-refractivity contribution in [3.8, 4) is 0 Å². The van der Waals surface area contributed by atoms with E-state index in [4.69, 9.17) is 4.74 Å². The minimum absolute atomic E-state index is 0.0913. The highest BCUT2D eigenvalue weighted by Gasteiger charge is 2.46. The summed E-state index contributed by atoms with van der Waals surface area (Å²) in [6.45, 7) is 4.40. The molecular weight excluding hydrogens is 446 g/mol. The number of ether oxygens (including phenoxy) is 1. The average molecular weight is 481 g/mol. The Labute approximate surface area is 199 Å². The van der Waals surface area contributed by atoms with E-state index in [-0.39, 0.29) is 18.0 Å². The maximum Gasteiger partial charge on any atom is 0.411 e. The standard InChI is InChI=1S/C25H34F2N2O5/c1-25(2,3)34-24(33)29-14-21(17-11-18(26)13-19(27)12-17)28(15-22(30)31)23(32)20(29)10-16-8-6-4-5-7-9-16/h11-13,16,20-21H,4-10,14-15H2,1-3H3,(H,30,31). The first-order valence-electron chi connectivity index (χ1n) is 11.9. The second-order valence-electron chi connectivity index (χ2n) is 10.3. The fourth-order valence-corrected chi connectivity index (χ4v) is 4.94. The third-order valence-electron chi connectivity index (χ3n) is 6.42. The van der Waals surface area contributed by atoms with E-state index in [1.54, 1.807) is 20.8 Å². The SMILES string of the molecule is CC(C)(C)OC(=O)N1CC(c2cc(F)cc(F)c2)N(CC(=O)O)C(=O)C1CC1CCCCCC1. The van der Waals surface area contributed by atoms with Crippen molar-refractivity contribution >= 4 is 18.0 Å². The number of carboxylic acids is 1. The summed E-state index contributed by atoms with van der Waals surface area (Å²) in [6.07, 6.45) is 5.92. The lowest BCUT2D eigenvalue weighted by Crippen LogP contribution is -2.61. The van der Waals surface area contributed by atoms with E-state index >= 15 is 0 Å². The summed E-state index contributed by atoms with van der Waals surface area (Å²) in [4.78, 5) is 40.9. The van der Waals surface area contributed by atoms with Crippen LogP contribution in [0.25, 0.3) is 0 Å². The number of carbonyl (C=O) groups excluding carboxylic acids is 2. The molecule has 1 aromatic carbocycles. The van der Waals surface area contributed by atoms with Gasteiger partial charge in [0.1, 0.15) is 29.8 Å². The predicted octanol–water partition coefficient (Wildman–Crippen LogP) is 4.90. The highest BCUT2D eigenvalue weighted by Crippen LogP contribution is 2.35. The zero-order valence-electron chi connectivity index (χ0n) is 20.1. The number of piperazine rings is 1. The summed E-state index contributed by atoms with van der Waals surface area (Å²) < 4.78 is 33.6. The largest absolute Gasteiger partial charge is 0.480 e. The van der Waals surface area contributed by atoms with E-state index < -0.39 is 53.8 Å². The number of halogens is 2. The lowest BCUT2D eigenvalue weighted by molar-refractivity contribution is -0.154. The van der Waals surface area contributed by atoms with Gasteiger partial charge in [-0.2, -0.15) is 0 Å². The van der Waals surface area contributed by atoms with Gasteiger partial charge >= 0.3 is 12.1 Å². The first-order chi connectivity index (χ1) is 15.9. The summed E-state index contributed by atoms with van der Waals surface area (Å²) >= 11 is 0. The Hall–Kier alpha value is -2.71. The van der Waals surface area contributed by atoms with Gasteiger partial charge in [-0.05, 0) is 50.8 Å². The molecule has 1 N–H and O–H groups in total. The van der Waals surface area contributed by atoms with E-state index in [9.17, 15) is 28.3 Å². The Kier molecular flexibility index (Phi) is 8.15. The second kappa shape index (κ2) is 10.7. The molecule has 1 heterocycles. The first-order valence-corrected chi connectivity index (χ1v) is 11.9. The average Bonchev–Trinajstić information content (AvgIpc) is 2.97. The van der Waals surface area contributed by atoms with Crippen LogP contribution in [-0.4, -0.2) is 57.6 Å². The van der Waals surface area contributed by atoms with Crippen LogP contribution in [0.15, 0.2) is 18.2 Å². The smallest absolute Gasteiger partial charge is 0.411 e. The maximum atomic E-state index is 14.0. The van der Waals surface area contributed by atoms with Crippen molar-refractivity contribution in [1.29, 1.82) is 0 Å². The molecule has 2 atom stereocenters. The maximum absolute atomic E-state index is 14.0. The van der Waals surface area contributed by atoms with Gasteiger partial charge in [0.15, 0.2) is 0 Å². The van der Waals surface area contributed by atoms with Crippen LogP contribution in [0, 0.1) is 17.6 Å². The predicted molar refractivity (Wildman–Crippen MR) is 121 cm³/mol. The van der Waals surface area contributed by atoms with Crippen LogP contribution < -0.4 is 0 Å². The Morgan fingerprint density at radius 2 is 1.65 bits per heavy atom. The minimum atomic E-state index is -1.24. The van der Waals surface area contributed by atoms with Crippen LogP contribution in [0.2, 0.25) is 0 Å². The third-order valence-corrected chi connectivity index (χ3v) is 6.42. The molecule has 2 unspecified atom stereocenters. The molecule has 7 nitrogen and oxygen atoms in total. The fraction of sp³-hybridized carbons (Fsp3) is 0.640. The molecule has 1 saturated heterocycles. The van der Waals surface area contributed by atoms with Crippen LogP contribution in [-0.2, 0) is 14.3 Å². The zero-order chi connectivity index (χ0) is 25.0. The van der Waals surface area contributed by atoms with Crippen molar-refractivity contribution in [3.05, 3.63) is 35.4 Å². The monoisotopic (exact) mass is 480 g/mol. The molecule has 2 aliphatic rings. The molecule has 9 heteroatoms. The summed E-state index contributed by atoms with van der Waals surface area (Å²) in [7, 11) is 0. The van der Waals surface area contributed by atoms with Gasteiger partial charge in [-0.1, -0.05) is 38.5 Å². The van der Waals surface area contributed by atoms with Crippen LogP contribution in [0.3, 0.4) is 0 Å². The van der Waals surface area contributed by atoms with Gasteiger partial charge in [0.2, 0.25) is 5.91 Å². The molecule has 0 bridgehead atoms. The molecule has 2 amide bonds. The van der Waals surface area contributed by atoms with E-state index in [0.29, 0.717) is 12.5 Å². The molecule has 0 radical (unpaired) electrons. The Morgan fingerprint density at radius 3 is 2.18 bits per heavy atom. The zero-order valence-corrected chi connectivity index (χ0v) is 20.1. The van der Waals surface area contributed by atoms with Gasteiger partial charge in [0.25, 0.3) is 0 Å². The fourth-order valence-electron chi connectivity index (χ4n) is 4.94. The van der Waals surface area contributed by atoms with Gasteiger partial charge in [0, 0.05) is 12.6 Å². The Morgan fingerprint density at radius 1 is 1.06 bits per heavy atom. The van der Waals surface area contributed by atoms with Crippen LogP contribution >= 0.6 is 0 Å². The topological polar surface area (TPSA) is 87.2 Å². The van der Waals surface area contributed by atoms with Crippen molar-refractivity contribution in [2.75, 3.05) is 13.1 Å². The highest BCUT2D eigenvalue weighted by atomic mass is 19.1. The van der Waals surface area contributed by atoms with E-state index in [0.717, 1.165) is 55.6 Å². The van der Waals surface area contributed by atoms with Crippen LogP contribution in [0.5, 0.6) is 0 Å². The Balaban J connectivity index is 1.99. The van der Waals surface area contributed by atoms with Crippen LogP contribution in [0.1, 0.15) is 77.3 Å². The van der Waals surface area contributed by atoms with Gasteiger partial charge in [0.05, 0.1) is 6.04 Å². The van der Waals surface area contributed by atoms with Gasteiger partial charge in [-0.3, -0.25) is 14.5 Å². The summed E-state index contributed by atoms with van der Waals surface area (Å²) in [6, 6.07) is 0.915. The van der Waals surface area contributed by atoms with Gasteiger partial charge in [-0.15, -0.1) is 0 Å². The number of carbonyl (C=O) groups is 3. The number of benzene rings is 1. The van der Waals surface area contributed by atoms with E-state index in [1.807, 2.05) is 0 Å². The molecule has 34 heavy (non-hydrogen) atoms. The van der Waals surface area contributed by atoms with Gasteiger partial charge in [-0.25, -0.2) is 13.6 Å². The molecule has 0 spiro atoms. The highest BCUT2D eigenvalue weighted by molar-refractivity contribution is 5.90. The molecule has 1 saturated carbocycles. The summed E-state index contributed by atoms with van der Waals surface area (Å²) in [5.74, 6) is -3.26. The minimum Gasteiger partial charge on any atom is -0.480 e. The molecule has 1 aliphatic carbocycles. The third kappa shape index (κ3) is 6.67. The normalized spacial score (nSPS) is 22.4. The molecule has 188 valence electrons.